The Kier molecular flexibility index (Phi) is 4.11. The van der Waals surface area contributed by atoms with Gasteiger partial charge in [0.05, 0.1) is 28.3 Å². The van der Waals surface area contributed by atoms with Crippen LogP contribution < -0.4 is 4.90 Å². The molecule has 0 saturated carbocycles. The van der Waals surface area contributed by atoms with Gasteiger partial charge in [-0.05, 0) is 24.6 Å². The molecule has 0 bridgehead atoms. The van der Waals surface area contributed by atoms with Gasteiger partial charge in [0.1, 0.15) is 11.6 Å². The number of aliphatic hydroxyl groups is 2. The molecular formula is C18H19ClN4O2. The van der Waals surface area contributed by atoms with Crippen LogP contribution in [0.5, 0.6) is 0 Å². The van der Waals surface area contributed by atoms with Gasteiger partial charge in [0, 0.05) is 31.9 Å². The van der Waals surface area contributed by atoms with Crippen LogP contribution in [0, 0.1) is 0 Å². The van der Waals surface area contributed by atoms with E-state index in [0.717, 1.165) is 28.2 Å². The van der Waals surface area contributed by atoms with Crippen molar-refractivity contribution in [2.24, 2.45) is 7.05 Å². The van der Waals surface area contributed by atoms with E-state index in [1.54, 1.807) is 6.20 Å². The molecule has 3 heterocycles. The number of aromatic nitrogens is 3. The summed E-state index contributed by atoms with van der Waals surface area (Å²) in [4.78, 5) is 11.1. The summed E-state index contributed by atoms with van der Waals surface area (Å²) in [5, 5.41) is 20.2. The van der Waals surface area contributed by atoms with Crippen LogP contribution >= 0.6 is 11.6 Å². The molecule has 0 amide bonds. The van der Waals surface area contributed by atoms with Crippen molar-refractivity contribution >= 4 is 28.5 Å². The van der Waals surface area contributed by atoms with Crippen LogP contribution in [0.15, 0.2) is 36.5 Å². The van der Waals surface area contributed by atoms with E-state index in [9.17, 15) is 10.2 Å². The van der Waals surface area contributed by atoms with Crippen molar-refractivity contribution in [1.29, 1.82) is 0 Å². The Morgan fingerprint density at radius 1 is 1.20 bits per heavy atom. The fourth-order valence-corrected chi connectivity index (χ4v) is 3.47. The Morgan fingerprint density at radius 3 is 2.76 bits per heavy atom. The molecule has 4 rings (SSSR count). The van der Waals surface area contributed by atoms with Gasteiger partial charge in [-0.1, -0.05) is 23.7 Å². The molecule has 1 fully saturated rings. The Balaban J connectivity index is 1.76. The predicted molar refractivity (Wildman–Crippen MR) is 97.8 cm³/mol. The Labute approximate surface area is 150 Å². The number of hydrogen-bond donors (Lipinski definition) is 2. The van der Waals surface area contributed by atoms with Crippen LogP contribution in [0.3, 0.4) is 0 Å². The third-order valence-electron chi connectivity index (χ3n) is 4.74. The Hall–Kier alpha value is -2.15. The quantitative estimate of drug-likeness (QED) is 0.734. The van der Waals surface area contributed by atoms with Crippen LogP contribution in [-0.2, 0) is 7.05 Å². The second-order valence-electron chi connectivity index (χ2n) is 6.37. The van der Waals surface area contributed by atoms with Gasteiger partial charge in [0.15, 0.2) is 0 Å². The van der Waals surface area contributed by atoms with Gasteiger partial charge >= 0.3 is 0 Å². The molecule has 6 nitrogen and oxygen atoms in total. The first-order chi connectivity index (χ1) is 12.0. The number of β-amino-alcohol motifs (C(OH)–C–C–N with tert-alkyl or cyclic N) is 1. The number of hydrogen-bond acceptors (Lipinski definition) is 5. The van der Waals surface area contributed by atoms with E-state index in [1.807, 2.05) is 46.8 Å². The lowest BCUT2D eigenvalue weighted by Crippen LogP contribution is -2.47. The van der Waals surface area contributed by atoms with Crippen LogP contribution in [0.25, 0.3) is 22.4 Å². The molecule has 7 heteroatoms. The second kappa shape index (κ2) is 6.29. The first-order valence-electron chi connectivity index (χ1n) is 8.23. The number of aryl methyl sites for hydroxylation is 1. The Bertz CT molecular complexity index is 927. The number of rotatable bonds is 2. The highest BCUT2D eigenvalue weighted by molar-refractivity contribution is 6.33. The van der Waals surface area contributed by atoms with E-state index in [0.29, 0.717) is 24.5 Å². The number of pyridine rings is 1. The van der Waals surface area contributed by atoms with Crippen molar-refractivity contribution < 1.29 is 10.2 Å². The SMILES string of the molecule is Cn1c(-c2cc(N3CC[C@@H](O)[C@H](O)C3)ncc2Cl)nc2ccccc21. The lowest BCUT2D eigenvalue weighted by atomic mass is 10.0. The molecule has 25 heavy (non-hydrogen) atoms. The largest absolute Gasteiger partial charge is 0.390 e. The van der Waals surface area contributed by atoms with E-state index in [4.69, 9.17) is 16.6 Å². The zero-order valence-electron chi connectivity index (χ0n) is 13.8. The van der Waals surface area contributed by atoms with E-state index in [1.165, 1.54) is 0 Å². The van der Waals surface area contributed by atoms with Gasteiger partial charge in [-0.3, -0.25) is 0 Å². The third kappa shape index (κ3) is 2.86. The number of anilines is 1. The average molecular weight is 359 g/mol. The molecule has 2 aromatic heterocycles. The average Bonchev–Trinajstić information content (AvgIpc) is 2.95. The van der Waals surface area contributed by atoms with Crippen LogP contribution in [0.2, 0.25) is 5.02 Å². The third-order valence-corrected chi connectivity index (χ3v) is 5.04. The number of para-hydroxylation sites is 2. The van der Waals surface area contributed by atoms with Gasteiger partial charge in [-0.25, -0.2) is 9.97 Å². The summed E-state index contributed by atoms with van der Waals surface area (Å²) in [5.74, 6) is 1.49. The molecule has 1 saturated heterocycles. The summed E-state index contributed by atoms with van der Waals surface area (Å²) >= 11 is 6.40. The van der Waals surface area contributed by atoms with Crippen LogP contribution in [0.1, 0.15) is 6.42 Å². The van der Waals surface area contributed by atoms with Crippen molar-refractivity contribution in [3.8, 4) is 11.4 Å². The summed E-state index contributed by atoms with van der Waals surface area (Å²) in [5.41, 5.74) is 2.74. The van der Waals surface area contributed by atoms with Crippen molar-refractivity contribution in [3.05, 3.63) is 41.6 Å². The molecule has 2 atom stereocenters. The molecule has 1 aromatic carbocycles. The summed E-state index contributed by atoms with van der Waals surface area (Å²) in [6, 6.07) is 9.82. The van der Waals surface area contributed by atoms with Gasteiger partial charge in [-0.2, -0.15) is 0 Å². The fourth-order valence-electron chi connectivity index (χ4n) is 3.29. The van der Waals surface area contributed by atoms with E-state index in [-0.39, 0.29) is 0 Å². The zero-order valence-corrected chi connectivity index (χ0v) is 14.6. The minimum Gasteiger partial charge on any atom is -0.390 e. The van der Waals surface area contributed by atoms with E-state index >= 15 is 0 Å². The number of benzene rings is 1. The molecule has 1 aliphatic rings. The van der Waals surface area contributed by atoms with Crippen molar-refractivity contribution in [2.45, 2.75) is 18.6 Å². The number of imidazole rings is 1. The van der Waals surface area contributed by atoms with Crippen molar-refractivity contribution in [3.63, 3.8) is 0 Å². The Morgan fingerprint density at radius 2 is 2.00 bits per heavy atom. The first-order valence-corrected chi connectivity index (χ1v) is 8.61. The zero-order chi connectivity index (χ0) is 17.6. The molecule has 2 N–H and O–H groups in total. The highest BCUT2D eigenvalue weighted by atomic mass is 35.5. The van der Waals surface area contributed by atoms with Gasteiger partial charge in [0.25, 0.3) is 0 Å². The minimum absolute atomic E-state index is 0.345. The number of aliphatic hydroxyl groups excluding tert-OH is 2. The highest BCUT2D eigenvalue weighted by Crippen LogP contribution is 2.32. The number of halogens is 1. The smallest absolute Gasteiger partial charge is 0.142 e. The number of nitrogens with zero attached hydrogens (tertiary/aromatic N) is 4. The first kappa shape index (κ1) is 16.3. The fraction of sp³-hybridized carbons (Fsp3) is 0.333. The summed E-state index contributed by atoms with van der Waals surface area (Å²) in [7, 11) is 1.96. The van der Waals surface area contributed by atoms with Crippen molar-refractivity contribution in [2.75, 3.05) is 18.0 Å². The summed E-state index contributed by atoms with van der Waals surface area (Å²) < 4.78 is 2.01. The molecule has 1 aliphatic heterocycles. The standard InChI is InChI=1S/C18H19ClN4O2/c1-22-14-5-3-2-4-13(14)21-18(22)11-8-17(20-9-12(11)19)23-7-6-15(24)16(25)10-23/h2-5,8-9,15-16,24-25H,6-7,10H2,1H3/t15-,16-/m1/s1. The van der Waals surface area contributed by atoms with Crippen LogP contribution in [0.4, 0.5) is 5.82 Å². The summed E-state index contributed by atoms with van der Waals surface area (Å²) in [6.07, 6.45) is 0.670. The van der Waals surface area contributed by atoms with Gasteiger partial charge in [-0.15, -0.1) is 0 Å². The summed E-state index contributed by atoms with van der Waals surface area (Å²) in [6.45, 7) is 0.979. The van der Waals surface area contributed by atoms with Gasteiger partial charge in [0.2, 0.25) is 0 Å². The molecular weight excluding hydrogens is 340 g/mol. The molecule has 0 spiro atoms. The van der Waals surface area contributed by atoms with Crippen molar-refractivity contribution in [1.82, 2.24) is 14.5 Å². The molecule has 0 unspecified atom stereocenters. The minimum atomic E-state index is -0.773. The molecule has 130 valence electrons. The second-order valence-corrected chi connectivity index (χ2v) is 6.78. The normalized spacial score (nSPS) is 21.0. The molecule has 3 aromatic rings. The van der Waals surface area contributed by atoms with E-state index < -0.39 is 12.2 Å². The topological polar surface area (TPSA) is 74.4 Å². The highest BCUT2D eigenvalue weighted by Gasteiger charge is 2.27. The van der Waals surface area contributed by atoms with Crippen LogP contribution in [-0.4, -0.2) is 50.0 Å². The monoisotopic (exact) mass is 358 g/mol. The maximum absolute atomic E-state index is 9.93. The van der Waals surface area contributed by atoms with E-state index in [2.05, 4.69) is 4.98 Å². The number of piperidine rings is 1. The lowest BCUT2D eigenvalue weighted by molar-refractivity contribution is 0.00786. The maximum atomic E-state index is 9.93. The predicted octanol–water partition coefficient (Wildman–Crippen LogP) is 2.22. The number of fused-ring (bicyclic) bond motifs is 1. The van der Waals surface area contributed by atoms with Gasteiger partial charge < -0.3 is 19.7 Å². The molecule has 0 aliphatic carbocycles. The maximum Gasteiger partial charge on any atom is 0.142 e. The lowest BCUT2D eigenvalue weighted by Gasteiger charge is -2.34. The molecule has 0 radical (unpaired) electrons.